The molecule has 1 atom stereocenters. The number of aromatic nitrogens is 2. The van der Waals surface area contributed by atoms with Crippen LogP contribution in [0.4, 0.5) is 10.5 Å². The average molecular weight is 459 g/mol. The maximum Gasteiger partial charge on any atom is 0.322 e. The molecule has 4 aromatic rings. The van der Waals surface area contributed by atoms with E-state index < -0.39 is 6.04 Å². The molecule has 176 valence electrons. The highest BCUT2D eigenvalue weighted by Crippen LogP contribution is 2.27. The molecule has 2 aromatic heterocycles. The molecule has 2 amide bonds. The minimum absolute atomic E-state index is 0.102. The fraction of sp³-hybridized carbons (Fsp3) is 0.296. The Kier molecular flexibility index (Phi) is 7.11. The van der Waals surface area contributed by atoms with Gasteiger partial charge in [-0.2, -0.15) is 0 Å². The second kappa shape index (κ2) is 10.4. The van der Waals surface area contributed by atoms with E-state index in [1.165, 1.54) is 5.56 Å². The standard InChI is InChI=1S/C27H30N4O3/c1-4-19-13-15-20(16-14-19)28-27(33)31(18-21-10-9-17-34-21)24(5-2)25-29-23-12-8-7-11-22(23)26(32)30(25)6-3/h7-17,24H,4-6,18H2,1-3H3,(H,28,33). The Labute approximate surface area is 199 Å². The first-order valence-electron chi connectivity index (χ1n) is 11.7. The topological polar surface area (TPSA) is 80.4 Å². The minimum Gasteiger partial charge on any atom is -0.467 e. The Bertz CT molecular complexity index is 1310. The van der Waals surface area contributed by atoms with E-state index in [-0.39, 0.29) is 18.1 Å². The molecule has 0 saturated heterocycles. The number of rotatable bonds is 8. The van der Waals surface area contributed by atoms with Crippen molar-refractivity contribution in [2.75, 3.05) is 5.32 Å². The first kappa shape index (κ1) is 23.3. The van der Waals surface area contributed by atoms with Gasteiger partial charge in [0.15, 0.2) is 0 Å². The predicted octanol–water partition coefficient (Wildman–Crippen LogP) is 5.76. The van der Waals surface area contributed by atoms with Crippen LogP contribution >= 0.6 is 0 Å². The smallest absolute Gasteiger partial charge is 0.322 e. The molecule has 4 rings (SSSR count). The average Bonchev–Trinajstić information content (AvgIpc) is 3.38. The van der Waals surface area contributed by atoms with Gasteiger partial charge in [0.05, 0.1) is 29.8 Å². The molecule has 0 spiro atoms. The van der Waals surface area contributed by atoms with Crippen molar-refractivity contribution in [3.63, 3.8) is 0 Å². The number of urea groups is 1. The number of carbonyl (C=O) groups is 1. The molecular formula is C27H30N4O3. The van der Waals surface area contributed by atoms with Gasteiger partial charge in [-0.1, -0.05) is 38.1 Å². The van der Waals surface area contributed by atoms with Crippen LogP contribution in [0, 0.1) is 0 Å². The van der Waals surface area contributed by atoms with Crippen molar-refractivity contribution in [2.45, 2.75) is 52.7 Å². The Hall–Kier alpha value is -3.87. The number of nitrogens with one attached hydrogen (secondary N) is 1. The van der Waals surface area contributed by atoms with Crippen molar-refractivity contribution >= 4 is 22.6 Å². The van der Waals surface area contributed by atoms with Gasteiger partial charge >= 0.3 is 6.03 Å². The molecule has 2 aromatic carbocycles. The summed E-state index contributed by atoms with van der Waals surface area (Å²) in [6, 6.07) is 18.1. The number of anilines is 1. The van der Waals surface area contributed by atoms with E-state index in [0.29, 0.717) is 41.1 Å². The molecule has 0 aliphatic carbocycles. The van der Waals surface area contributed by atoms with Gasteiger partial charge in [0.25, 0.3) is 5.56 Å². The summed E-state index contributed by atoms with van der Waals surface area (Å²) in [5, 5.41) is 3.58. The minimum atomic E-state index is -0.433. The number of nitrogens with zero attached hydrogens (tertiary/aromatic N) is 3. The molecular weight excluding hydrogens is 428 g/mol. The molecule has 2 heterocycles. The van der Waals surface area contributed by atoms with Crippen molar-refractivity contribution in [1.29, 1.82) is 0 Å². The molecule has 0 aliphatic heterocycles. The van der Waals surface area contributed by atoms with Crippen LogP contribution in [-0.4, -0.2) is 20.5 Å². The SMILES string of the molecule is CCc1ccc(NC(=O)N(Cc2ccco2)C(CC)c2nc3ccccc3c(=O)n2CC)cc1. The van der Waals surface area contributed by atoms with Crippen molar-refractivity contribution in [1.82, 2.24) is 14.5 Å². The summed E-state index contributed by atoms with van der Waals surface area (Å²) in [5.74, 6) is 1.22. The summed E-state index contributed by atoms with van der Waals surface area (Å²) in [4.78, 5) is 33.4. The van der Waals surface area contributed by atoms with Gasteiger partial charge in [0.2, 0.25) is 0 Å². The van der Waals surface area contributed by atoms with E-state index in [4.69, 9.17) is 9.40 Å². The molecule has 0 fully saturated rings. The van der Waals surface area contributed by atoms with Crippen molar-refractivity contribution in [3.8, 4) is 0 Å². The van der Waals surface area contributed by atoms with Gasteiger partial charge in [0, 0.05) is 12.2 Å². The number of para-hydroxylation sites is 1. The van der Waals surface area contributed by atoms with Crippen LogP contribution in [0.1, 0.15) is 50.4 Å². The lowest BCUT2D eigenvalue weighted by Gasteiger charge is -2.31. The highest BCUT2D eigenvalue weighted by molar-refractivity contribution is 5.89. The summed E-state index contributed by atoms with van der Waals surface area (Å²) < 4.78 is 7.23. The van der Waals surface area contributed by atoms with E-state index >= 15 is 0 Å². The lowest BCUT2D eigenvalue weighted by molar-refractivity contribution is 0.169. The molecule has 0 radical (unpaired) electrons. The van der Waals surface area contributed by atoms with Crippen LogP contribution in [0.3, 0.4) is 0 Å². The maximum absolute atomic E-state index is 13.6. The van der Waals surface area contributed by atoms with E-state index in [0.717, 1.165) is 6.42 Å². The molecule has 0 saturated carbocycles. The summed E-state index contributed by atoms with van der Waals surface area (Å²) >= 11 is 0. The van der Waals surface area contributed by atoms with Gasteiger partial charge in [-0.05, 0) is 61.7 Å². The second-order valence-corrected chi connectivity index (χ2v) is 8.15. The van der Waals surface area contributed by atoms with Gasteiger partial charge in [-0.15, -0.1) is 0 Å². The van der Waals surface area contributed by atoms with Crippen LogP contribution in [-0.2, 0) is 19.5 Å². The summed E-state index contributed by atoms with van der Waals surface area (Å²) in [6.45, 7) is 6.70. The summed E-state index contributed by atoms with van der Waals surface area (Å²) in [7, 11) is 0. The molecule has 7 heteroatoms. The zero-order valence-corrected chi connectivity index (χ0v) is 19.8. The first-order valence-corrected chi connectivity index (χ1v) is 11.7. The fourth-order valence-electron chi connectivity index (χ4n) is 4.20. The lowest BCUT2D eigenvalue weighted by Crippen LogP contribution is -2.40. The molecule has 7 nitrogen and oxygen atoms in total. The number of amides is 2. The Balaban J connectivity index is 1.76. The number of hydrogen-bond acceptors (Lipinski definition) is 4. The zero-order valence-electron chi connectivity index (χ0n) is 19.8. The molecule has 1 N–H and O–H groups in total. The van der Waals surface area contributed by atoms with Crippen molar-refractivity contribution < 1.29 is 9.21 Å². The number of aryl methyl sites for hydroxylation is 1. The Morgan fingerprint density at radius 2 is 1.82 bits per heavy atom. The van der Waals surface area contributed by atoms with Gasteiger partial charge in [0.1, 0.15) is 11.6 Å². The zero-order chi connectivity index (χ0) is 24.1. The van der Waals surface area contributed by atoms with Crippen LogP contribution in [0.15, 0.2) is 76.1 Å². The summed E-state index contributed by atoms with van der Waals surface area (Å²) in [5.41, 5.74) is 2.43. The Morgan fingerprint density at radius 1 is 1.06 bits per heavy atom. The molecule has 0 aliphatic rings. The van der Waals surface area contributed by atoms with Crippen LogP contribution < -0.4 is 10.9 Å². The molecule has 0 bridgehead atoms. The number of furan rings is 1. The summed E-state index contributed by atoms with van der Waals surface area (Å²) in [6.07, 6.45) is 3.10. The van der Waals surface area contributed by atoms with E-state index in [2.05, 4.69) is 12.2 Å². The highest BCUT2D eigenvalue weighted by Gasteiger charge is 2.29. The largest absolute Gasteiger partial charge is 0.467 e. The molecule has 34 heavy (non-hydrogen) atoms. The van der Waals surface area contributed by atoms with Gasteiger partial charge in [-0.3, -0.25) is 9.36 Å². The van der Waals surface area contributed by atoms with Crippen LogP contribution in [0.2, 0.25) is 0 Å². The number of hydrogen-bond donors (Lipinski definition) is 1. The monoisotopic (exact) mass is 458 g/mol. The van der Waals surface area contributed by atoms with E-state index in [9.17, 15) is 9.59 Å². The van der Waals surface area contributed by atoms with Crippen LogP contribution in [0.25, 0.3) is 10.9 Å². The van der Waals surface area contributed by atoms with Crippen molar-refractivity contribution in [3.05, 3.63) is 94.4 Å². The van der Waals surface area contributed by atoms with E-state index in [1.807, 2.05) is 62.4 Å². The van der Waals surface area contributed by atoms with Gasteiger partial charge in [-0.25, -0.2) is 9.78 Å². The maximum atomic E-state index is 13.6. The quantitative estimate of drug-likeness (QED) is 0.364. The van der Waals surface area contributed by atoms with E-state index in [1.54, 1.807) is 27.9 Å². The molecule has 1 unspecified atom stereocenters. The fourth-order valence-corrected chi connectivity index (χ4v) is 4.20. The number of benzene rings is 2. The Morgan fingerprint density at radius 3 is 2.47 bits per heavy atom. The third kappa shape index (κ3) is 4.73. The third-order valence-corrected chi connectivity index (χ3v) is 6.05. The second-order valence-electron chi connectivity index (χ2n) is 8.15. The van der Waals surface area contributed by atoms with Crippen LogP contribution in [0.5, 0.6) is 0 Å². The first-order chi connectivity index (χ1) is 16.5. The highest BCUT2D eigenvalue weighted by atomic mass is 16.3. The predicted molar refractivity (Wildman–Crippen MR) is 134 cm³/mol. The number of carbonyl (C=O) groups excluding carboxylic acids is 1. The normalized spacial score (nSPS) is 12.0. The lowest BCUT2D eigenvalue weighted by atomic mass is 10.1. The van der Waals surface area contributed by atoms with Crippen molar-refractivity contribution in [2.24, 2.45) is 0 Å². The third-order valence-electron chi connectivity index (χ3n) is 6.05. The number of fused-ring (bicyclic) bond motifs is 1. The van der Waals surface area contributed by atoms with Gasteiger partial charge < -0.3 is 14.6 Å².